The molecule has 1 aromatic carbocycles. The van der Waals surface area contributed by atoms with Crippen LogP contribution in [0, 0.1) is 0 Å². The maximum absolute atomic E-state index is 12.6. The van der Waals surface area contributed by atoms with Gasteiger partial charge in [-0.25, -0.2) is 0 Å². The van der Waals surface area contributed by atoms with E-state index in [0.717, 1.165) is 25.3 Å². The molecule has 1 aromatic rings. The Labute approximate surface area is 127 Å². The molecule has 0 bridgehead atoms. The zero-order valence-electron chi connectivity index (χ0n) is 12.1. The van der Waals surface area contributed by atoms with Gasteiger partial charge in [0, 0.05) is 18.2 Å². The van der Waals surface area contributed by atoms with Gasteiger partial charge in [-0.05, 0) is 50.4 Å². The van der Waals surface area contributed by atoms with Crippen molar-refractivity contribution in [1.82, 2.24) is 4.90 Å². The molecule has 1 atom stereocenters. The molecule has 2 rings (SSSR count). The van der Waals surface area contributed by atoms with Gasteiger partial charge in [-0.2, -0.15) is 0 Å². The van der Waals surface area contributed by atoms with Crippen molar-refractivity contribution in [3.63, 3.8) is 0 Å². The minimum Gasteiger partial charge on any atom is -0.406 e. The van der Waals surface area contributed by atoms with Gasteiger partial charge in [-0.3, -0.25) is 4.79 Å². The Kier molecular flexibility index (Phi) is 5.28. The van der Waals surface area contributed by atoms with E-state index in [9.17, 15) is 18.0 Å². The molecule has 1 amide bonds. The van der Waals surface area contributed by atoms with Crippen LogP contribution < -0.4 is 10.5 Å². The fraction of sp³-hybridized carbons (Fsp3) is 0.533. The third-order valence-electron chi connectivity index (χ3n) is 3.70. The van der Waals surface area contributed by atoms with Crippen molar-refractivity contribution in [1.29, 1.82) is 0 Å². The molecule has 0 aromatic heterocycles. The third-order valence-corrected chi connectivity index (χ3v) is 3.70. The van der Waals surface area contributed by atoms with Crippen LogP contribution in [0.1, 0.15) is 36.0 Å². The molecule has 1 aliphatic heterocycles. The number of nitrogens with zero attached hydrogens (tertiary/aromatic N) is 1. The Hall–Kier alpha value is -1.76. The number of carbonyl (C=O) groups is 1. The number of benzene rings is 1. The Balaban J connectivity index is 2.15. The normalized spacial score (nSPS) is 19.1. The quantitative estimate of drug-likeness (QED) is 0.929. The van der Waals surface area contributed by atoms with Crippen LogP contribution in [0.15, 0.2) is 24.3 Å². The summed E-state index contributed by atoms with van der Waals surface area (Å²) in [6, 6.07) is 5.25. The topological polar surface area (TPSA) is 55.6 Å². The first kappa shape index (κ1) is 16.6. The van der Waals surface area contributed by atoms with Crippen molar-refractivity contribution in [2.24, 2.45) is 5.73 Å². The lowest BCUT2D eigenvalue weighted by atomic mass is 9.98. The fourth-order valence-corrected chi connectivity index (χ4v) is 2.75. The lowest BCUT2D eigenvalue weighted by Gasteiger charge is -2.35. The number of piperidine rings is 1. The van der Waals surface area contributed by atoms with Crippen molar-refractivity contribution in [2.45, 2.75) is 38.1 Å². The molecule has 1 fully saturated rings. The van der Waals surface area contributed by atoms with Crippen LogP contribution in [0.2, 0.25) is 0 Å². The van der Waals surface area contributed by atoms with E-state index in [1.807, 2.05) is 0 Å². The van der Waals surface area contributed by atoms with Gasteiger partial charge >= 0.3 is 6.36 Å². The molecule has 1 aliphatic rings. The van der Waals surface area contributed by atoms with E-state index in [4.69, 9.17) is 5.73 Å². The van der Waals surface area contributed by atoms with Gasteiger partial charge in [0.05, 0.1) is 0 Å². The lowest BCUT2D eigenvalue weighted by Crippen LogP contribution is -2.44. The maximum Gasteiger partial charge on any atom is 0.573 e. The van der Waals surface area contributed by atoms with Gasteiger partial charge in [0.1, 0.15) is 5.75 Å². The second kappa shape index (κ2) is 7.00. The summed E-state index contributed by atoms with van der Waals surface area (Å²) in [7, 11) is 0. The predicted molar refractivity (Wildman–Crippen MR) is 75.5 cm³/mol. The Morgan fingerprint density at radius 3 is 2.82 bits per heavy atom. The molecule has 122 valence electrons. The minimum absolute atomic E-state index is 0.0541. The number of ether oxygens (including phenoxy) is 1. The summed E-state index contributed by atoms with van der Waals surface area (Å²) in [6.07, 6.45) is -1.27. The SMILES string of the molecule is NCCC1CCCCN1C(=O)c1cccc(OC(F)(F)F)c1. The van der Waals surface area contributed by atoms with Crippen LogP contribution in [0.5, 0.6) is 5.75 Å². The van der Waals surface area contributed by atoms with E-state index >= 15 is 0 Å². The highest BCUT2D eigenvalue weighted by molar-refractivity contribution is 5.94. The van der Waals surface area contributed by atoms with Crippen molar-refractivity contribution in [3.8, 4) is 5.75 Å². The van der Waals surface area contributed by atoms with Crippen LogP contribution in [0.25, 0.3) is 0 Å². The maximum atomic E-state index is 12.6. The predicted octanol–water partition coefficient (Wildman–Crippen LogP) is 2.93. The molecule has 2 N–H and O–H groups in total. The highest BCUT2D eigenvalue weighted by Gasteiger charge is 2.32. The summed E-state index contributed by atoms with van der Waals surface area (Å²) in [6.45, 7) is 1.08. The molecule has 1 unspecified atom stereocenters. The van der Waals surface area contributed by atoms with Crippen molar-refractivity contribution >= 4 is 5.91 Å². The molecule has 7 heteroatoms. The number of rotatable bonds is 4. The van der Waals surface area contributed by atoms with Crippen LogP contribution in [-0.2, 0) is 0 Å². The summed E-state index contributed by atoms with van der Waals surface area (Å²) in [4.78, 5) is 14.3. The van der Waals surface area contributed by atoms with Crippen LogP contribution in [0.3, 0.4) is 0 Å². The highest BCUT2D eigenvalue weighted by atomic mass is 19.4. The standard InChI is InChI=1S/C15H19F3N2O2/c16-15(17,18)22-13-6-3-4-11(10-13)14(21)20-9-2-1-5-12(20)7-8-19/h3-4,6,10,12H,1-2,5,7-9,19H2. The number of hydrogen-bond acceptors (Lipinski definition) is 3. The monoisotopic (exact) mass is 316 g/mol. The molecule has 4 nitrogen and oxygen atoms in total. The zero-order valence-corrected chi connectivity index (χ0v) is 12.1. The van der Waals surface area contributed by atoms with Crippen molar-refractivity contribution in [2.75, 3.05) is 13.1 Å². The molecule has 0 aliphatic carbocycles. The number of amides is 1. The van der Waals surface area contributed by atoms with Gasteiger partial charge in [0.15, 0.2) is 0 Å². The van der Waals surface area contributed by atoms with E-state index < -0.39 is 6.36 Å². The highest BCUT2D eigenvalue weighted by Crippen LogP contribution is 2.26. The summed E-state index contributed by atoms with van der Waals surface area (Å²) in [5.74, 6) is -0.656. The number of carbonyl (C=O) groups excluding carboxylic acids is 1. The molecular formula is C15H19F3N2O2. The number of likely N-dealkylation sites (tertiary alicyclic amines) is 1. The van der Waals surface area contributed by atoms with Gasteiger partial charge in [0.25, 0.3) is 5.91 Å². The van der Waals surface area contributed by atoms with E-state index in [2.05, 4.69) is 4.74 Å². The van der Waals surface area contributed by atoms with Gasteiger partial charge in [-0.1, -0.05) is 6.07 Å². The summed E-state index contributed by atoms with van der Waals surface area (Å²) >= 11 is 0. The number of halogens is 3. The van der Waals surface area contributed by atoms with E-state index in [0.29, 0.717) is 19.5 Å². The smallest absolute Gasteiger partial charge is 0.406 e. The van der Waals surface area contributed by atoms with Crippen molar-refractivity contribution in [3.05, 3.63) is 29.8 Å². The summed E-state index contributed by atoms with van der Waals surface area (Å²) in [5.41, 5.74) is 5.77. The zero-order chi connectivity index (χ0) is 16.2. The summed E-state index contributed by atoms with van der Waals surface area (Å²) in [5, 5.41) is 0. The Morgan fingerprint density at radius 2 is 2.14 bits per heavy atom. The van der Waals surface area contributed by atoms with Gasteiger partial charge < -0.3 is 15.4 Å². The molecule has 0 spiro atoms. The molecule has 0 radical (unpaired) electrons. The second-order valence-electron chi connectivity index (χ2n) is 5.30. The van der Waals surface area contributed by atoms with E-state index in [-0.39, 0.29) is 23.3 Å². The second-order valence-corrected chi connectivity index (χ2v) is 5.30. The number of hydrogen-bond donors (Lipinski definition) is 1. The Bertz CT molecular complexity index is 518. The third kappa shape index (κ3) is 4.37. The molecule has 0 saturated carbocycles. The lowest BCUT2D eigenvalue weighted by molar-refractivity contribution is -0.274. The largest absolute Gasteiger partial charge is 0.573 e. The van der Waals surface area contributed by atoms with Gasteiger partial charge in [0.2, 0.25) is 0 Å². The minimum atomic E-state index is -4.77. The van der Waals surface area contributed by atoms with E-state index in [1.54, 1.807) is 4.90 Å². The van der Waals surface area contributed by atoms with Crippen LogP contribution in [-0.4, -0.2) is 36.3 Å². The van der Waals surface area contributed by atoms with Crippen molar-refractivity contribution < 1.29 is 22.7 Å². The van der Waals surface area contributed by atoms with Crippen LogP contribution >= 0.6 is 0 Å². The Morgan fingerprint density at radius 1 is 1.36 bits per heavy atom. The average Bonchev–Trinajstić information content (AvgIpc) is 2.46. The number of alkyl halides is 3. The first-order chi connectivity index (χ1) is 10.4. The first-order valence-electron chi connectivity index (χ1n) is 7.27. The molecule has 1 heterocycles. The molecule has 1 saturated heterocycles. The van der Waals surface area contributed by atoms with Crippen LogP contribution in [0.4, 0.5) is 13.2 Å². The molecular weight excluding hydrogens is 297 g/mol. The fourth-order valence-electron chi connectivity index (χ4n) is 2.75. The number of nitrogens with two attached hydrogens (primary N) is 1. The molecule has 22 heavy (non-hydrogen) atoms. The summed E-state index contributed by atoms with van der Waals surface area (Å²) < 4.78 is 40.6. The van der Waals surface area contributed by atoms with Gasteiger partial charge in [-0.15, -0.1) is 13.2 Å². The van der Waals surface area contributed by atoms with E-state index in [1.165, 1.54) is 18.2 Å². The average molecular weight is 316 g/mol. The first-order valence-corrected chi connectivity index (χ1v) is 7.27.